The van der Waals surface area contributed by atoms with Crippen molar-refractivity contribution in [2.45, 2.75) is 6.92 Å². The Kier molecular flexibility index (Phi) is 2.13. The van der Waals surface area contributed by atoms with Crippen LogP contribution in [0.3, 0.4) is 0 Å². The zero-order chi connectivity index (χ0) is 10.1. The van der Waals surface area contributed by atoms with E-state index in [1.165, 1.54) is 0 Å². The van der Waals surface area contributed by atoms with Crippen molar-refractivity contribution >= 4 is 17.3 Å². The molecule has 5 heteroatoms. The number of nitrogens with two attached hydrogens (primary N) is 1. The molecular weight excluding hydrogens is 202 g/mol. The van der Waals surface area contributed by atoms with E-state index < -0.39 is 0 Å². The second-order valence-electron chi connectivity index (χ2n) is 2.86. The van der Waals surface area contributed by atoms with Gasteiger partial charge >= 0.3 is 0 Å². The first-order chi connectivity index (χ1) is 6.66. The largest absolute Gasteiger partial charge is 0.421 e. The molecule has 2 N–H and O–H groups in total. The summed E-state index contributed by atoms with van der Waals surface area (Å²) in [6.07, 6.45) is 0. The third-order valence-electron chi connectivity index (χ3n) is 1.77. The topological polar surface area (TPSA) is 64.9 Å². The van der Waals surface area contributed by atoms with Crippen molar-refractivity contribution in [2.75, 3.05) is 5.73 Å². The molecule has 0 atom stereocenters. The van der Waals surface area contributed by atoms with Gasteiger partial charge in [-0.25, -0.2) is 0 Å². The van der Waals surface area contributed by atoms with Crippen molar-refractivity contribution in [3.05, 3.63) is 29.1 Å². The Morgan fingerprint density at radius 2 is 2.14 bits per heavy atom. The average molecular weight is 210 g/mol. The molecule has 72 valence electrons. The Labute approximate surface area is 85.7 Å². The summed E-state index contributed by atoms with van der Waals surface area (Å²) in [6.45, 7) is 1.73. The fraction of sp³-hybridized carbons (Fsp3) is 0.111. The van der Waals surface area contributed by atoms with Crippen LogP contribution in [0.25, 0.3) is 11.5 Å². The summed E-state index contributed by atoms with van der Waals surface area (Å²) in [7, 11) is 0. The number of halogens is 1. The van der Waals surface area contributed by atoms with Crippen molar-refractivity contribution in [2.24, 2.45) is 0 Å². The first kappa shape index (κ1) is 9.02. The second kappa shape index (κ2) is 3.31. The van der Waals surface area contributed by atoms with Crippen molar-refractivity contribution in [3.63, 3.8) is 0 Å². The van der Waals surface area contributed by atoms with E-state index in [0.29, 0.717) is 22.5 Å². The summed E-state index contributed by atoms with van der Waals surface area (Å²) >= 11 is 5.78. The smallest absolute Gasteiger partial charge is 0.247 e. The molecule has 14 heavy (non-hydrogen) atoms. The molecule has 1 aromatic carbocycles. The molecule has 0 aliphatic rings. The summed E-state index contributed by atoms with van der Waals surface area (Å²) in [4.78, 5) is 0. The van der Waals surface area contributed by atoms with E-state index in [4.69, 9.17) is 21.8 Å². The molecule has 0 saturated heterocycles. The van der Waals surface area contributed by atoms with Gasteiger partial charge in [-0.3, -0.25) is 0 Å². The number of anilines is 1. The molecule has 1 heterocycles. The second-order valence-corrected chi connectivity index (χ2v) is 3.27. The van der Waals surface area contributed by atoms with Gasteiger partial charge in [-0.15, -0.1) is 10.2 Å². The van der Waals surface area contributed by atoms with Gasteiger partial charge in [0.05, 0.1) is 10.7 Å². The normalized spacial score (nSPS) is 10.4. The molecule has 1 aromatic heterocycles. The van der Waals surface area contributed by atoms with Crippen molar-refractivity contribution in [3.8, 4) is 11.5 Å². The predicted molar refractivity (Wildman–Crippen MR) is 53.9 cm³/mol. The third-order valence-corrected chi connectivity index (χ3v) is 2.11. The fourth-order valence-corrected chi connectivity index (χ4v) is 1.21. The van der Waals surface area contributed by atoms with Crippen LogP contribution >= 0.6 is 11.6 Å². The van der Waals surface area contributed by atoms with Crippen LogP contribution in [0.15, 0.2) is 22.6 Å². The lowest BCUT2D eigenvalue weighted by Gasteiger charge is -1.98. The standard InChI is InChI=1S/C9H8ClN3O/c1-5-12-13-9(14-5)6-2-3-7(10)8(11)4-6/h2-4H,11H2,1H3. The van der Waals surface area contributed by atoms with Gasteiger partial charge in [0, 0.05) is 12.5 Å². The zero-order valence-corrected chi connectivity index (χ0v) is 8.25. The number of hydrogen-bond acceptors (Lipinski definition) is 4. The molecule has 0 saturated carbocycles. The zero-order valence-electron chi connectivity index (χ0n) is 7.49. The lowest BCUT2D eigenvalue weighted by molar-refractivity contribution is 0.533. The van der Waals surface area contributed by atoms with Crippen LogP contribution in [0.2, 0.25) is 5.02 Å². The number of rotatable bonds is 1. The maximum Gasteiger partial charge on any atom is 0.247 e. The summed E-state index contributed by atoms with van der Waals surface area (Å²) in [5.74, 6) is 0.972. The first-order valence-corrected chi connectivity index (χ1v) is 4.40. The van der Waals surface area contributed by atoms with Crippen LogP contribution in [0.1, 0.15) is 5.89 Å². The minimum atomic E-state index is 0.450. The van der Waals surface area contributed by atoms with Gasteiger partial charge in [0.2, 0.25) is 11.8 Å². The Morgan fingerprint density at radius 3 is 2.71 bits per heavy atom. The van der Waals surface area contributed by atoms with Crippen LogP contribution in [0, 0.1) is 6.92 Å². The van der Waals surface area contributed by atoms with E-state index in [-0.39, 0.29) is 0 Å². The number of hydrogen-bond donors (Lipinski definition) is 1. The highest BCUT2D eigenvalue weighted by Gasteiger charge is 2.06. The van der Waals surface area contributed by atoms with Gasteiger partial charge in [-0.1, -0.05) is 11.6 Å². The molecule has 2 rings (SSSR count). The highest BCUT2D eigenvalue weighted by Crippen LogP contribution is 2.25. The monoisotopic (exact) mass is 209 g/mol. The molecule has 0 unspecified atom stereocenters. The van der Waals surface area contributed by atoms with Crippen LogP contribution in [0.5, 0.6) is 0 Å². The van der Waals surface area contributed by atoms with Crippen molar-refractivity contribution in [1.29, 1.82) is 0 Å². The van der Waals surface area contributed by atoms with E-state index >= 15 is 0 Å². The van der Waals surface area contributed by atoms with Gasteiger partial charge in [0.25, 0.3) is 0 Å². The maximum absolute atomic E-state index is 5.78. The van der Waals surface area contributed by atoms with Gasteiger partial charge < -0.3 is 10.2 Å². The van der Waals surface area contributed by atoms with Crippen molar-refractivity contribution < 1.29 is 4.42 Å². The first-order valence-electron chi connectivity index (χ1n) is 4.02. The van der Waals surface area contributed by atoms with Gasteiger partial charge in [-0.05, 0) is 18.2 Å². The molecule has 4 nitrogen and oxygen atoms in total. The number of nitrogens with zero attached hydrogens (tertiary/aromatic N) is 2. The number of aromatic nitrogens is 2. The average Bonchev–Trinajstić information content (AvgIpc) is 2.57. The van der Waals surface area contributed by atoms with Gasteiger partial charge in [-0.2, -0.15) is 0 Å². The minimum Gasteiger partial charge on any atom is -0.421 e. The molecule has 0 aliphatic heterocycles. The van der Waals surface area contributed by atoms with E-state index in [2.05, 4.69) is 10.2 Å². The Bertz CT molecular complexity index is 467. The highest BCUT2D eigenvalue weighted by atomic mass is 35.5. The number of nitrogen functional groups attached to an aromatic ring is 1. The van der Waals surface area contributed by atoms with E-state index in [1.54, 1.807) is 25.1 Å². The van der Waals surface area contributed by atoms with E-state index in [9.17, 15) is 0 Å². The van der Waals surface area contributed by atoms with Crippen LogP contribution in [-0.2, 0) is 0 Å². The quantitative estimate of drug-likeness (QED) is 0.732. The molecular formula is C9H8ClN3O. The van der Waals surface area contributed by atoms with Crippen LogP contribution < -0.4 is 5.73 Å². The van der Waals surface area contributed by atoms with Gasteiger partial charge in [0.15, 0.2) is 0 Å². The molecule has 0 bridgehead atoms. The molecule has 0 aliphatic carbocycles. The highest BCUT2D eigenvalue weighted by molar-refractivity contribution is 6.33. The molecule has 0 amide bonds. The summed E-state index contributed by atoms with van der Waals surface area (Å²) < 4.78 is 5.24. The minimum absolute atomic E-state index is 0.450. The van der Waals surface area contributed by atoms with Crippen molar-refractivity contribution in [1.82, 2.24) is 10.2 Å². The Hall–Kier alpha value is -1.55. The lowest BCUT2D eigenvalue weighted by Crippen LogP contribution is -1.87. The van der Waals surface area contributed by atoms with Crippen LogP contribution in [0.4, 0.5) is 5.69 Å². The molecule has 0 radical (unpaired) electrons. The summed E-state index contributed by atoms with van der Waals surface area (Å²) in [5, 5.41) is 8.11. The summed E-state index contributed by atoms with van der Waals surface area (Å²) in [5.41, 5.74) is 6.91. The number of benzene rings is 1. The molecule has 2 aromatic rings. The Morgan fingerprint density at radius 1 is 1.36 bits per heavy atom. The molecule has 0 spiro atoms. The third kappa shape index (κ3) is 1.56. The number of aryl methyl sites for hydroxylation is 1. The predicted octanol–water partition coefficient (Wildman–Crippen LogP) is 2.28. The molecule has 0 fully saturated rings. The Balaban J connectivity index is 2.47. The fourth-order valence-electron chi connectivity index (χ4n) is 1.09. The van der Waals surface area contributed by atoms with E-state index in [1.807, 2.05) is 0 Å². The maximum atomic E-state index is 5.78. The van der Waals surface area contributed by atoms with Crippen LogP contribution in [-0.4, -0.2) is 10.2 Å². The van der Waals surface area contributed by atoms with E-state index in [0.717, 1.165) is 5.56 Å². The van der Waals surface area contributed by atoms with Gasteiger partial charge in [0.1, 0.15) is 0 Å². The lowest BCUT2D eigenvalue weighted by atomic mass is 10.2. The SMILES string of the molecule is Cc1nnc(-c2ccc(Cl)c(N)c2)o1. The summed E-state index contributed by atoms with van der Waals surface area (Å²) in [6, 6.07) is 5.19.